The molecule has 0 aromatic heterocycles. The van der Waals surface area contributed by atoms with Crippen molar-refractivity contribution < 1.29 is 144 Å². The van der Waals surface area contributed by atoms with Crippen molar-refractivity contribution in [1.29, 1.82) is 0 Å². The van der Waals surface area contributed by atoms with Gasteiger partial charge in [0.1, 0.15) is 115 Å². The molecule has 3 saturated carbocycles. The van der Waals surface area contributed by atoms with Crippen molar-refractivity contribution in [3.63, 3.8) is 0 Å². The third-order valence-electron chi connectivity index (χ3n) is 21.9. The highest BCUT2D eigenvalue weighted by Crippen LogP contribution is 2.77. The zero-order valence-corrected chi connectivity index (χ0v) is 53.6. The van der Waals surface area contributed by atoms with Crippen LogP contribution in [0.15, 0.2) is 11.6 Å². The molecule has 6 aliphatic heterocycles. The summed E-state index contributed by atoms with van der Waals surface area (Å²) in [5, 5.41) is 111. The molecule has 1 spiro atoms. The highest BCUT2D eigenvalue weighted by Gasteiger charge is 2.80. The highest BCUT2D eigenvalue weighted by atomic mass is 32.3. The van der Waals surface area contributed by atoms with Gasteiger partial charge < -0.3 is 117 Å². The third-order valence-corrected chi connectivity index (χ3v) is 22.4. The maximum absolute atomic E-state index is 14.8. The van der Waals surface area contributed by atoms with Crippen LogP contribution in [0.1, 0.15) is 114 Å². The molecule has 4 aliphatic carbocycles. The predicted molar refractivity (Wildman–Crippen MR) is 301 cm³/mol. The first kappa shape index (κ1) is 71.2. The summed E-state index contributed by atoms with van der Waals surface area (Å²) < 4.78 is 120. The summed E-state index contributed by atoms with van der Waals surface area (Å²) in [6, 6.07) is 0. The molecule has 0 amide bonds. The van der Waals surface area contributed by atoms with Gasteiger partial charge in [-0.15, -0.1) is 0 Å². The number of aliphatic hydroxyl groups excluding tert-OH is 10. The number of ketones is 1. The maximum Gasteiger partial charge on any atom is 0.314 e. The molecule has 520 valence electrons. The fraction of sp³-hybridized carbons (Fsp3) is 0.917. The Kier molecular flexibility index (Phi) is 20.8. The zero-order valence-electron chi connectivity index (χ0n) is 52.8. The SMILES string of the molecule is CO[C@@H]1[C@@H](O)[C@H](O[C@@H]2[C@@H](O)[C@H](O[C@H]3[C@H](O)[C@@H](O[C@@H]4OC[C@@H](O)[C@H](O)[C@H]4O)[C@H](O[C@H]4[C@H](O[C@H]5CC[C@]6(C)[C@@H]7CC[C@]89C(=O)O[C@@](C)(CC(=O)CC(C)C)[C@H]8[C@@H](OC(C)=O)C[C@@]9(C)C7=CC[C@H]6C5(C)C)OC[C@@H](OS(=O)(=O)[O-])[C@@H]4O)O[C@@H]3C)OC[C@H]2O)O[C@H](CO)[C@H]1O. The van der Waals surface area contributed by atoms with Gasteiger partial charge in [-0.25, -0.2) is 8.42 Å². The minimum Gasteiger partial charge on any atom is -0.726 e. The van der Waals surface area contributed by atoms with Gasteiger partial charge in [-0.3, -0.25) is 18.6 Å². The summed E-state index contributed by atoms with van der Waals surface area (Å²) in [4.78, 5) is 41.1. The molecule has 10 N–H and O–H groups in total. The molecule has 0 bridgehead atoms. The minimum absolute atomic E-state index is 0.0131. The van der Waals surface area contributed by atoms with Gasteiger partial charge in [-0.2, -0.15) is 0 Å². The molecule has 91 heavy (non-hydrogen) atoms. The van der Waals surface area contributed by atoms with E-state index in [0.717, 1.165) is 5.57 Å². The van der Waals surface area contributed by atoms with E-state index >= 15 is 0 Å². The van der Waals surface area contributed by atoms with Crippen LogP contribution in [-0.2, 0) is 90.5 Å². The van der Waals surface area contributed by atoms with Gasteiger partial charge in [0.15, 0.2) is 31.5 Å². The quantitative estimate of drug-likeness (QED) is 0.0289. The second-order valence-electron chi connectivity index (χ2n) is 28.4. The van der Waals surface area contributed by atoms with Crippen LogP contribution >= 0.6 is 0 Å². The largest absolute Gasteiger partial charge is 0.726 e. The summed E-state index contributed by atoms with van der Waals surface area (Å²) in [7, 11) is -4.34. The van der Waals surface area contributed by atoms with Crippen molar-refractivity contribution in [1.82, 2.24) is 0 Å². The molecule has 10 rings (SSSR count). The zero-order chi connectivity index (χ0) is 66.6. The average Bonchev–Trinajstić information content (AvgIpc) is 1.52. The third kappa shape index (κ3) is 12.9. The molecular formula is C60H93O30S-. The Morgan fingerprint density at radius 2 is 1.32 bits per heavy atom. The summed E-state index contributed by atoms with van der Waals surface area (Å²) in [6.07, 6.45) is -34.4. The number of ether oxygens (including phenoxy) is 13. The number of cyclic esters (lactones) is 1. The van der Waals surface area contributed by atoms with Crippen molar-refractivity contribution in [3.05, 3.63) is 11.6 Å². The van der Waals surface area contributed by atoms with Gasteiger partial charge in [-0.1, -0.05) is 53.2 Å². The number of carbonyl (C=O) groups is 3. The van der Waals surface area contributed by atoms with Crippen LogP contribution < -0.4 is 0 Å². The summed E-state index contributed by atoms with van der Waals surface area (Å²) in [5.41, 5.74) is -3.25. The lowest BCUT2D eigenvalue weighted by atomic mass is 9.41. The maximum atomic E-state index is 14.8. The lowest BCUT2D eigenvalue weighted by Crippen LogP contribution is -2.67. The van der Waals surface area contributed by atoms with Crippen molar-refractivity contribution in [2.24, 2.45) is 45.3 Å². The van der Waals surface area contributed by atoms with E-state index in [9.17, 15) is 78.4 Å². The van der Waals surface area contributed by atoms with E-state index in [-0.39, 0.29) is 30.0 Å². The Balaban J connectivity index is 0.907. The molecule has 6 saturated heterocycles. The molecule has 0 aromatic rings. The highest BCUT2D eigenvalue weighted by molar-refractivity contribution is 7.80. The van der Waals surface area contributed by atoms with Crippen LogP contribution in [0.2, 0.25) is 0 Å². The monoisotopic (exact) mass is 1330 g/mol. The van der Waals surface area contributed by atoms with Crippen LogP contribution in [0.3, 0.4) is 0 Å². The van der Waals surface area contributed by atoms with E-state index in [0.29, 0.717) is 44.9 Å². The fourth-order valence-electron chi connectivity index (χ4n) is 17.7. The van der Waals surface area contributed by atoms with E-state index in [4.69, 9.17) is 65.8 Å². The molecule has 30 nitrogen and oxygen atoms in total. The predicted octanol–water partition coefficient (Wildman–Crippen LogP) is -2.00. The molecule has 0 radical (unpaired) electrons. The standard InChI is InChI=1S/C60H94O30S/c1-24(2)17-27(63)18-59(9)49-32(82-26(4)62)19-58(8)29-11-12-35-56(5,6)36(14-15-57(35,7)28(29)13-16-60(49,58)55(73)89-59)84-53-47(39(68)34(23-80-53)90-91(74,75)76)88-54-48(87-50-40(69)37(66)30(64)21-78-50)41(70)44(25(3)81-54)85-51-42(71)45(31(65)22-79-51)86-52-43(72)46(77-10)38(67)33(20-61)83-52/h11,24-25,28,30-54,61,64-72H,12-23H2,1-10H3,(H,74,75,76)/p-1/t25-,28-,30-,31-,32+,33-,34-,35+,36+,37+,38-,39+,40-,41+,42-,43-,44-,45+,46+,47-,48-,49-,50+,51+,52+,53+,54+,57-,58+,59+,60-/m1/s1. The summed E-state index contributed by atoms with van der Waals surface area (Å²) >= 11 is 0. The molecule has 0 aromatic carbocycles. The van der Waals surface area contributed by atoms with Gasteiger partial charge >= 0.3 is 11.9 Å². The van der Waals surface area contributed by atoms with Gasteiger partial charge in [0.05, 0.1) is 50.0 Å². The Hall–Kier alpha value is -2.62. The van der Waals surface area contributed by atoms with Gasteiger partial charge in [0, 0.05) is 32.3 Å². The number of allylic oxidation sites excluding steroid dienone is 2. The van der Waals surface area contributed by atoms with Gasteiger partial charge in [0.2, 0.25) is 10.4 Å². The van der Waals surface area contributed by atoms with E-state index in [1.165, 1.54) is 21.0 Å². The molecule has 10 aliphatic rings. The average molecular weight is 1330 g/mol. The first-order valence-corrected chi connectivity index (χ1v) is 32.8. The molecule has 9 fully saturated rings. The fourth-order valence-corrected chi connectivity index (χ4v) is 18.1. The van der Waals surface area contributed by atoms with Crippen LogP contribution in [0.5, 0.6) is 0 Å². The number of hydrogen-bond donors (Lipinski definition) is 10. The molecule has 31 atom stereocenters. The molecule has 6 heterocycles. The number of hydrogen-bond acceptors (Lipinski definition) is 30. The second-order valence-corrected chi connectivity index (χ2v) is 29.4. The first-order chi connectivity index (χ1) is 42.5. The Labute approximate surface area is 527 Å². The molecule has 31 heteroatoms. The van der Waals surface area contributed by atoms with E-state index in [2.05, 4.69) is 19.9 Å². The number of aliphatic hydroxyl groups is 10. The summed E-state index contributed by atoms with van der Waals surface area (Å²) in [5.74, 6) is -1.66. The van der Waals surface area contributed by atoms with E-state index in [1.807, 2.05) is 27.7 Å². The van der Waals surface area contributed by atoms with Crippen molar-refractivity contribution in [2.45, 2.75) is 267 Å². The van der Waals surface area contributed by atoms with Crippen molar-refractivity contribution in [2.75, 3.05) is 33.5 Å². The van der Waals surface area contributed by atoms with Crippen LogP contribution in [0, 0.1) is 45.3 Å². The smallest absolute Gasteiger partial charge is 0.314 e. The number of methoxy groups -OCH3 is 1. The Morgan fingerprint density at radius 1 is 0.703 bits per heavy atom. The van der Waals surface area contributed by atoms with Crippen LogP contribution in [0.4, 0.5) is 0 Å². The van der Waals surface area contributed by atoms with Gasteiger partial charge in [0.25, 0.3) is 0 Å². The topological polar surface area (TPSA) is 440 Å². The van der Waals surface area contributed by atoms with Crippen molar-refractivity contribution in [3.8, 4) is 0 Å². The first-order valence-electron chi connectivity index (χ1n) is 31.5. The Bertz CT molecular complexity index is 2760. The number of fused-ring (bicyclic) bond motifs is 4. The molecular weight excluding hydrogens is 1230 g/mol. The summed E-state index contributed by atoms with van der Waals surface area (Å²) in [6.45, 7) is 14.2. The van der Waals surface area contributed by atoms with Crippen LogP contribution in [0.25, 0.3) is 0 Å². The Morgan fingerprint density at radius 3 is 1.97 bits per heavy atom. The van der Waals surface area contributed by atoms with Crippen molar-refractivity contribution >= 4 is 28.1 Å². The number of rotatable bonds is 19. The lowest BCUT2D eigenvalue weighted by Gasteiger charge is -2.64. The van der Waals surface area contributed by atoms with E-state index < -0.39 is 229 Å². The van der Waals surface area contributed by atoms with Crippen LogP contribution in [-0.4, -0.2) is 268 Å². The van der Waals surface area contributed by atoms with E-state index in [1.54, 1.807) is 6.92 Å². The lowest BCUT2D eigenvalue weighted by molar-refractivity contribution is -0.399. The normalized spacial score (nSPS) is 49.8. The number of esters is 2. The van der Waals surface area contributed by atoms with Gasteiger partial charge in [-0.05, 0) is 81.0 Å². The molecule has 0 unspecified atom stereocenters. The number of Topliss-reactive ketones (excluding diaryl/α,β-unsaturated/α-hetero) is 1. The number of carbonyl (C=O) groups excluding carboxylic acids is 3. The second kappa shape index (κ2) is 26.7. The minimum atomic E-state index is -5.52.